The van der Waals surface area contributed by atoms with E-state index in [-0.39, 0.29) is 30.5 Å². The summed E-state index contributed by atoms with van der Waals surface area (Å²) in [5, 5.41) is 0. The molecule has 1 aliphatic heterocycles. The molecule has 0 saturated heterocycles. The smallest absolute Gasteiger partial charge is 0.435 e. The van der Waals surface area contributed by atoms with Gasteiger partial charge in [0.1, 0.15) is 17.8 Å². The van der Waals surface area contributed by atoms with Gasteiger partial charge in [0.05, 0.1) is 25.0 Å². The van der Waals surface area contributed by atoms with Crippen LogP contribution in [0.5, 0.6) is 0 Å². The van der Waals surface area contributed by atoms with Crippen LogP contribution in [-0.2, 0) is 12.7 Å². The fourth-order valence-corrected chi connectivity index (χ4v) is 2.34. The molecule has 0 radical (unpaired) electrons. The van der Waals surface area contributed by atoms with E-state index in [1.54, 1.807) is 11.8 Å². The number of oxazole rings is 1. The first-order valence-corrected chi connectivity index (χ1v) is 6.92. The van der Waals surface area contributed by atoms with Gasteiger partial charge >= 0.3 is 6.18 Å². The van der Waals surface area contributed by atoms with E-state index in [1.807, 2.05) is 0 Å². The van der Waals surface area contributed by atoms with Gasteiger partial charge in [-0.15, -0.1) is 0 Å². The molecule has 2 aromatic rings. The number of rotatable bonds is 3. The zero-order chi connectivity index (χ0) is 17.3. The largest absolute Gasteiger partial charge is 0.443 e. The highest BCUT2D eigenvalue weighted by Crippen LogP contribution is 2.31. The average molecular weight is 338 g/mol. The number of aromatic nitrogens is 3. The predicted molar refractivity (Wildman–Crippen MR) is 78.2 cm³/mol. The number of halogens is 3. The number of nitrogens with zero attached hydrogens (tertiary/aromatic N) is 5. The van der Waals surface area contributed by atoms with Crippen molar-refractivity contribution in [1.29, 1.82) is 0 Å². The Morgan fingerprint density at radius 2 is 1.96 bits per heavy atom. The highest BCUT2D eigenvalue weighted by molar-refractivity contribution is 5.90. The molecule has 2 aromatic heterocycles. The van der Waals surface area contributed by atoms with E-state index in [0.29, 0.717) is 11.4 Å². The Hall–Kier alpha value is -2.91. The van der Waals surface area contributed by atoms with Crippen molar-refractivity contribution in [2.45, 2.75) is 19.6 Å². The van der Waals surface area contributed by atoms with Crippen LogP contribution in [0.15, 0.2) is 40.0 Å². The summed E-state index contributed by atoms with van der Waals surface area (Å²) < 4.78 is 44.4. The fraction of sp³-hybridized carbons (Fsp3) is 0.286. The van der Waals surface area contributed by atoms with Gasteiger partial charge in [0.2, 0.25) is 5.89 Å². The van der Waals surface area contributed by atoms with E-state index in [1.165, 1.54) is 18.7 Å². The van der Waals surface area contributed by atoms with E-state index in [4.69, 9.17) is 10.2 Å². The van der Waals surface area contributed by atoms with Crippen LogP contribution in [-0.4, -0.2) is 32.2 Å². The van der Waals surface area contributed by atoms with Crippen molar-refractivity contribution in [3.63, 3.8) is 0 Å². The summed E-state index contributed by atoms with van der Waals surface area (Å²) in [4.78, 5) is 17.0. The molecule has 0 atom stereocenters. The van der Waals surface area contributed by atoms with Crippen molar-refractivity contribution in [1.82, 2.24) is 19.9 Å². The number of alkyl halides is 3. The monoisotopic (exact) mass is 338 g/mol. The van der Waals surface area contributed by atoms with Gasteiger partial charge in [0.15, 0.2) is 5.69 Å². The molecule has 126 valence electrons. The molecule has 24 heavy (non-hydrogen) atoms. The van der Waals surface area contributed by atoms with E-state index in [2.05, 4.69) is 19.9 Å². The molecule has 0 aromatic carbocycles. The quantitative estimate of drug-likeness (QED) is 0.920. The lowest BCUT2D eigenvalue weighted by Gasteiger charge is -2.29. The third-order valence-corrected chi connectivity index (χ3v) is 3.44. The maximum absolute atomic E-state index is 13.1. The Kier molecular flexibility index (Phi) is 3.96. The van der Waals surface area contributed by atoms with Crippen molar-refractivity contribution in [2.75, 3.05) is 6.54 Å². The first-order valence-electron chi connectivity index (χ1n) is 6.92. The minimum absolute atomic E-state index is 0.116. The van der Waals surface area contributed by atoms with Crippen LogP contribution >= 0.6 is 0 Å². The zero-order valence-electron chi connectivity index (χ0n) is 12.6. The lowest BCUT2D eigenvalue weighted by Crippen LogP contribution is -2.36. The summed E-state index contributed by atoms with van der Waals surface area (Å²) in [5.74, 6) is 0.488. The molecule has 0 bridgehead atoms. The van der Waals surface area contributed by atoms with Crippen LogP contribution < -0.4 is 5.73 Å². The topological polar surface area (TPSA) is 93.4 Å². The summed E-state index contributed by atoms with van der Waals surface area (Å²) in [5.41, 5.74) is 5.57. The molecule has 7 nitrogen and oxygen atoms in total. The van der Waals surface area contributed by atoms with Crippen LogP contribution in [0.3, 0.4) is 0 Å². The summed E-state index contributed by atoms with van der Waals surface area (Å²) in [6, 6.07) is 0. The summed E-state index contributed by atoms with van der Waals surface area (Å²) in [7, 11) is 0. The van der Waals surface area contributed by atoms with Crippen LogP contribution in [0, 0.1) is 0 Å². The van der Waals surface area contributed by atoms with Crippen LogP contribution in [0.4, 0.5) is 13.2 Å². The maximum Gasteiger partial charge on any atom is 0.435 e. The molecule has 0 unspecified atom stereocenters. The number of allylic oxidation sites excluding steroid dienone is 1. The minimum atomic E-state index is -4.58. The second-order valence-corrected chi connectivity index (χ2v) is 5.08. The van der Waals surface area contributed by atoms with Gasteiger partial charge in [-0.05, 0) is 6.92 Å². The van der Waals surface area contributed by atoms with Gasteiger partial charge in [-0.2, -0.15) is 13.2 Å². The Morgan fingerprint density at radius 1 is 1.21 bits per heavy atom. The number of hydrogen-bond acceptors (Lipinski definition) is 7. The van der Waals surface area contributed by atoms with Gasteiger partial charge in [-0.1, -0.05) is 0 Å². The van der Waals surface area contributed by atoms with Crippen molar-refractivity contribution in [3.05, 3.63) is 47.8 Å². The third-order valence-electron chi connectivity index (χ3n) is 3.44. The van der Waals surface area contributed by atoms with Gasteiger partial charge < -0.3 is 15.1 Å². The van der Waals surface area contributed by atoms with Crippen LogP contribution in [0.25, 0.3) is 5.70 Å². The van der Waals surface area contributed by atoms with Crippen molar-refractivity contribution < 1.29 is 17.6 Å². The molecule has 3 heterocycles. The summed E-state index contributed by atoms with van der Waals surface area (Å²) in [6.45, 7) is 1.76. The normalized spacial score (nSPS) is 15.7. The van der Waals surface area contributed by atoms with Crippen molar-refractivity contribution in [2.24, 2.45) is 10.7 Å². The van der Waals surface area contributed by atoms with E-state index in [9.17, 15) is 13.2 Å². The Morgan fingerprint density at radius 3 is 2.62 bits per heavy atom. The van der Waals surface area contributed by atoms with Gasteiger partial charge in [0.25, 0.3) is 0 Å². The molecule has 3 rings (SSSR count). The molecule has 0 saturated carbocycles. The van der Waals surface area contributed by atoms with Gasteiger partial charge in [0, 0.05) is 18.1 Å². The fourth-order valence-electron chi connectivity index (χ4n) is 2.34. The van der Waals surface area contributed by atoms with E-state index in [0.717, 1.165) is 6.20 Å². The number of amidine groups is 1. The first-order chi connectivity index (χ1) is 11.4. The standard InChI is InChI=1S/C14H13F3N6O/c1-8-11(13-21-4-5-24-13)22-10(18)7-23(8)6-9-12(14(15,16)17)20-3-2-19-9/h2-5H,6-7H2,1H3,(H2,18,22). The third kappa shape index (κ3) is 3.07. The predicted octanol–water partition coefficient (Wildman–Crippen LogP) is 2.04. The summed E-state index contributed by atoms with van der Waals surface area (Å²) in [6.07, 6.45) is 0.483. The molecule has 0 fully saturated rings. The second kappa shape index (κ2) is 5.95. The van der Waals surface area contributed by atoms with Crippen LogP contribution in [0.1, 0.15) is 24.2 Å². The highest BCUT2D eigenvalue weighted by Gasteiger charge is 2.36. The number of aliphatic imine (C=N–C) groups is 1. The SMILES string of the molecule is CC1=C(c2ncco2)N=C(N)CN1Cc1nccnc1C(F)(F)F. The molecule has 10 heteroatoms. The van der Waals surface area contributed by atoms with Gasteiger partial charge in [-0.3, -0.25) is 4.98 Å². The molecule has 0 spiro atoms. The lowest BCUT2D eigenvalue weighted by molar-refractivity contribution is -0.142. The first kappa shape index (κ1) is 16.0. The number of hydrogen-bond donors (Lipinski definition) is 1. The summed E-state index contributed by atoms with van der Waals surface area (Å²) >= 11 is 0. The molecule has 2 N–H and O–H groups in total. The zero-order valence-corrected chi connectivity index (χ0v) is 12.6. The van der Waals surface area contributed by atoms with Crippen molar-refractivity contribution in [3.8, 4) is 0 Å². The molecule has 0 amide bonds. The molecular weight excluding hydrogens is 325 g/mol. The Labute approximate surface area is 134 Å². The maximum atomic E-state index is 13.1. The Balaban J connectivity index is 1.96. The Bertz CT molecular complexity index is 797. The minimum Gasteiger partial charge on any atom is -0.443 e. The van der Waals surface area contributed by atoms with Crippen molar-refractivity contribution >= 4 is 11.5 Å². The second-order valence-electron chi connectivity index (χ2n) is 5.08. The van der Waals surface area contributed by atoms with Gasteiger partial charge in [-0.25, -0.2) is 15.0 Å². The molecule has 0 aliphatic carbocycles. The molecular formula is C14H13F3N6O. The average Bonchev–Trinajstić information content (AvgIpc) is 3.04. The molecule has 1 aliphatic rings. The van der Waals surface area contributed by atoms with Crippen LogP contribution in [0.2, 0.25) is 0 Å². The van der Waals surface area contributed by atoms with E-state index < -0.39 is 11.9 Å². The number of nitrogens with two attached hydrogens (primary N) is 1. The van der Waals surface area contributed by atoms with E-state index >= 15 is 0 Å². The lowest BCUT2D eigenvalue weighted by atomic mass is 10.2. The highest BCUT2D eigenvalue weighted by atomic mass is 19.4.